The molecule has 1 N–H and O–H groups in total. The summed E-state index contributed by atoms with van der Waals surface area (Å²) < 4.78 is 10.5. The molecule has 0 heterocycles. The van der Waals surface area contributed by atoms with Crippen LogP contribution in [0.5, 0.6) is 0 Å². The van der Waals surface area contributed by atoms with Crippen molar-refractivity contribution in [3.05, 3.63) is 0 Å². The van der Waals surface area contributed by atoms with Crippen molar-refractivity contribution < 1.29 is 9.47 Å². The van der Waals surface area contributed by atoms with Crippen molar-refractivity contribution in [3.8, 4) is 0 Å². The summed E-state index contributed by atoms with van der Waals surface area (Å²) in [5.74, 6) is 0. The molecule has 0 aromatic carbocycles. The van der Waals surface area contributed by atoms with Gasteiger partial charge in [-0.2, -0.15) is 0 Å². The molecule has 0 radical (unpaired) electrons. The average molecular weight is 274 g/mol. The number of hydrogen-bond donors (Lipinski definition) is 1. The first-order chi connectivity index (χ1) is 9.02. The molecule has 0 rings (SSSR count). The zero-order chi connectivity index (χ0) is 14.7. The maximum atomic E-state index is 5.30. The Bertz CT molecular complexity index is 214. The van der Waals surface area contributed by atoms with Gasteiger partial charge in [0.1, 0.15) is 0 Å². The maximum Gasteiger partial charge on any atom is 0.0615 e. The van der Waals surface area contributed by atoms with E-state index in [1.807, 2.05) is 0 Å². The molecule has 116 valence electrons. The number of rotatable bonds is 12. The molecular formula is C15H34N2O2. The highest BCUT2D eigenvalue weighted by Crippen LogP contribution is 2.22. The quantitative estimate of drug-likeness (QED) is 0.590. The second-order valence-electron chi connectivity index (χ2n) is 5.71. The average Bonchev–Trinajstić information content (AvgIpc) is 2.41. The largest absolute Gasteiger partial charge is 0.383 e. The van der Waals surface area contributed by atoms with Crippen LogP contribution in [0.15, 0.2) is 0 Å². The van der Waals surface area contributed by atoms with E-state index in [2.05, 4.69) is 37.9 Å². The third-order valence-electron chi connectivity index (χ3n) is 3.85. The van der Waals surface area contributed by atoms with Crippen molar-refractivity contribution in [1.29, 1.82) is 0 Å². The third-order valence-corrected chi connectivity index (χ3v) is 3.85. The Morgan fingerprint density at radius 1 is 1.21 bits per heavy atom. The van der Waals surface area contributed by atoms with Crippen LogP contribution < -0.4 is 5.32 Å². The number of nitrogens with one attached hydrogen (secondary N) is 1. The van der Waals surface area contributed by atoms with Crippen LogP contribution in [-0.4, -0.2) is 64.6 Å². The van der Waals surface area contributed by atoms with Crippen LogP contribution in [0.3, 0.4) is 0 Å². The summed E-state index contributed by atoms with van der Waals surface area (Å²) in [6.07, 6.45) is 1.17. The van der Waals surface area contributed by atoms with Crippen molar-refractivity contribution in [2.45, 2.75) is 40.2 Å². The molecule has 0 aliphatic heterocycles. The summed E-state index contributed by atoms with van der Waals surface area (Å²) in [5, 5.41) is 3.48. The summed E-state index contributed by atoms with van der Waals surface area (Å²) in [7, 11) is 3.53. The van der Waals surface area contributed by atoms with Crippen molar-refractivity contribution in [2.75, 3.05) is 53.6 Å². The highest BCUT2D eigenvalue weighted by atomic mass is 16.5. The summed E-state index contributed by atoms with van der Waals surface area (Å²) in [4.78, 5) is 2.48. The van der Waals surface area contributed by atoms with E-state index in [9.17, 15) is 0 Å². The van der Waals surface area contributed by atoms with Gasteiger partial charge < -0.3 is 14.8 Å². The van der Waals surface area contributed by atoms with Gasteiger partial charge in [0.05, 0.1) is 13.2 Å². The fraction of sp³-hybridized carbons (Fsp3) is 1.00. The van der Waals surface area contributed by atoms with Gasteiger partial charge in [-0.3, -0.25) is 4.90 Å². The Morgan fingerprint density at radius 3 is 2.37 bits per heavy atom. The smallest absolute Gasteiger partial charge is 0.0615 e. The van der Waals surface area contributed by atoms with Gasteiger partial charge in [0.2, 0.25) is 0 Å². The van der Waals surface area contributed by atoms with Crippen LogP contribution in [0.2, 0.25) is 0 Å². The molecule has 0 fully saturated rings. The number of hydrogen-bond acceptors (Lipinski definition) is 4. The Morgan fingerprint density at radius 2 is 1.89 bits per heavy atom. The minimum Gasteiger partial charge on any atom is -0.383 e. The minimum absolute atomic E-state index is 0.297. The first kappa shape index (κ1) is 18.8. The van der Waals surface area contributed by atoms with Crippen LogP contribution in [0.1, 0.15) is 34.1 Å². The molecule has 0 aromatic heterocycles. The van der Waals surface area contributed by atoms with E-state index in [1.54, 1.807) is 14.2 Å². The molecule has 2 unspecified atom stereocenters. The Kier molecular flexibility index (Phi) is 10.5. The summed E-state index contributed by atoms with van der Waals surface area (Å²) in [6, 6.07) is 0.424. The topological polar surface area (TPSA) is 33.7 Å². The first-order valence-electron chi connectivity index (χ1n) is 7.45. The Balaban J connectivity index is 4.55. The molecule has 19 heavy (non-hydrogen) atoms. The third kappa shape index (κ3) is 7.88. The highest BCUT2D eigenvalue weighted by Gasteiger charge is 2.27. The lowest BCUT2D eigenvalue weighted by Crippen LogP contribution is -2.47. The maximum absolute atomic E-state index is 5.30. The van der Waals surface area contributed by atoms with E-state index >= 15 is 0 Å². The Hall–Kier alpha value is -0.160. The van der Waals surface area contributed by atoms with Gasteiger partial charge in [0, 0.05) is 39.9 Å². The number of methoxy groups -OCH3 is 2. The van der Waals surface area contributed by atoms with E-state index in [0.717, 1.165) is 39.4 Å². The number of nitrogens with zero attached hydrogens (tertiary/aromatic N) is 1. The highest BCUT2D eigenvalue weighted by molar-refractivity contribution is 4.81. The van der Waals surface area contributed by atoms with Crippen LogP contribution in [-0.2, 0) is 9.47 Å². The fourth-order valence-electron chi connectivity index (χ4n) is 2.22. The fourth-order valence-corrected chi connectivity index (χ4v) is 2.22. The van der Waals surface area contributed by atoms with Gasteiger partial charge >= 0.3 is 0 Å². The minimum atomic E-state index is 0.297. The van der Waals surface area contributed by atoms with Crippen molar-refractivity contribution >= 4 is 0 Å². The van der Waals surface area contributed by atoms with Crippen molar-refractivity contribution in [2.24, 2.45) is 5.41 Å². The van der Waals surface area contributed by atoms with Crippen LogP contribution >= 0.6 is 0 Å². The standard InChI is InChI=1S/C15H34N2O2/c1-7-15(4,12-16-8-2)13-17(9-10-18-5)14(3)11-19-6/h14,16H,7-13H2,1-6H3. The SMILES string of the molecule is CCNCC(C)(CC)CN(CCOC)C(C)COC. The molecule has 2 atom stereocenters. The van der Waals surface area contributed by atoms with Gasteiger partial charge in [-0.1, -0.05) is 20.8 Å². The van der Waals surface area contributed by atoms with Crippen molar-refractivity contribution in [1.82, 2.24) is 10.2 Å². The van der Waals surface area contributed by atoms with Crippen LogP contribution in [0, 0.1) is 5.41 Å². The number of ether oxygens (including phenoxy) is 2. The van der Waals surface area contributed by atoms with Crippen LogP contribution in [0.4, 0.5) is 0 Å². The monoisotopic (exact) mass is 274 g/mol. The molecular weight excluding hydrogens is 240 g/mol. The Labute approximate surface area is 119 Å². The summed E-state index contributed by atoms with van der Waals surface area (Å²) in [5.41, 5.74) is 0.297. The molecule has 0 spiro atoms. The molecule has 0 saturated heterocycles. The molecule has 4 nitrogen and oxygen atoms in total. The van der Waals surface area contributed by atoms with Gasteiger partial charge in [-0.15, -0.1) is 0 Å². The van der Waals surface area contributed by atoms with E-state index in [-0.39, 0.29) is 0 Å². The summed E-state index contributed by atoms with van der Waals surface area (Å²) >= 11 is 0. The van der Waals surface area contributed by atoms with E-state index in [4.69, 9.17) is 9.47 Å². The van der Waals surface area contributed by atoms with E-state index in [1.165, 1.54) is 6.42 Å². The molecule has 4 heteroatoms. The lowest BCUT2D eigenvalue weighted by atomic mass is 9.86. The lowest BCUT2D eigenvalue weighted by molar-refractivity contribution is 0.0460. The zero-order valence-electron chi connectivity index (χ0n) is 13.8. The van der Waals surface area contributed by atoms with Gasteiger partial charge in [0.15, 0.2) is 0 Å². The van der Waals surface area contributed by atoms with Crippen LogP contribution in [0.25, 0.3) is 0 Å². The van der Waals surface area contributed by atoms with Gasteiger partial charge in [-0.05, 0) is 25.3 Å². The predicted molar refractivity (Wildman–Crippen MR) is 81.7 cm³/mol. The first-order valence-corrected chi connectivity index (χ1v) is 7.45. The lowest BCUT2D eigenvalue weighted by Gasteiger charge is -2.38. The predicted octanol–water partition coefficient (Wildman–Crippen LogP) is 2.00. The van der Waals surface area contributed by atoms with Gasteiger partial charge in [0.25, 0.3) is 0 Å². The van der Waals surface area contributed by atoms with E-state index < -0.39 is 0 Å². The second kappa shape index (κ2) is 10.6. The van der Waals surface area contributed by atoms with Gasteiger partial charge in [-0.25, -0.2) is 0 Å². The second-order valence-corrected chi connectivity index (χ2v) is 5.71. The molecule has 0 amide bonds. The molecule has 0 aliphatic carbocycles. The molecule has 0 bridgehead atoms. The molecule has 0 aliphatic rings. The molecule has 0 saturated carbocycles. The van der Waals surface area contributed by atoms with Crippen molar-refractivity contribution in [3.63, 3.8) is 0 Å². The molecule has 0 aromatic rings. The normalized spacial score (nSPS) is 16.6. The zero-order valence-corrected chi connectivity index (χ0v) is 13.8. The summed E-state index contributed by atoms with van der Waals surface area (Å²) in [6.45, 7) is 14.7. The van der Waals surface area contributed by atoms with E-state index in [0.29, 0.717) is 11.5 Å².